The van der Waals surface area contributed by atoms with Crippen molar-refractivity contribution < 1.29 is 17.5 Å². The van der Waals surface area contributed by atoms with Gasteiger partial charge in [-0.05, 0) is 11.0 Å². The molecule has 0 aliphatic rings. The third-order valence-corrected chi connectivity index (χ3v) is 3.38. The maximum atomic E-state index is 10.6. The number of aromatic nitrogens is 1. The molecule has 0 amide bonds. The number of nitrogens with zero attached hydrogens (tertiary/aromatic N) is 1. The second kappa shape index (κ2) is 5.14. The molecule has 0 saturated carbocycles. The van der Waals surface area contributed by atoms with Crippen molar-refractivity contribution in [2.75, 3.05) is 5.75 Å². The molecule has 1 rings (SSSR count). The number of pyridine rings is 1. The van der Waals surface area contributed by atoms with Gasteiger partial charge in [0.05, 0.1) is 5.75 Å². The molecule has 4 nitrogen and oxygen atoms in total. The highest BCUT2D eigenvalue weighted by atomic mass is 32.2. The molecule has 0 unspecified atom stereocenters. The topological polar surface area (TPSA) is 58.2 Å². The fraction of sp³-hybridized carbons (Fsp3) is 0.583. The molecular weight excluding hydrogens is 238 g/mol. The lowest BCUT2D eigenvalue weighted by Gasteiger charge is -2.17. The maximum Gasteiger partial charge on any atom is 0.265 e. The van der Waals surface area contributed by atoms with Gasteiger partial charge in [-0.3, -0.25) is 4.55 Å². The van der Waals surface area contributed by atoms with Crippen LogP contribution in [-0.2, 0) is 22.1 Å². The molecule has 0 saturated heterocycles. The van der Waals surface area contributed by atoms with Crippen LogP contribution in [0.3, 0.4) is 0 Å². The molecule has 0 aromatic carbocycles. The molecule has 0 atom stereocenters. The molecule has 96 valence electrons. The fourth-order valence-electron chi connectivity index (χ4n) is 1.54. The van der Waals surface area contributed by atoms with Gasteiger partial charge in [0.25, 0.3) is 10.1 Å². The second-order valence-electron chi connectivity index (χ2n) is 5.21. The third kappa shape index (κ3) is 5.28. The monoisotopic (exact) mass is 258 g/mol. The predicted octanol–water partition coefficient (Wildman–Crippen LogP) is 1.55. The standard InChI is InChI=1S/C12H19NO3S/c1-12(2,3)11-5-8-13(9-6-11)7-4-10-17(14,15)16/h5-6,8-9H,4,7,10H2,1-3H3/p+1. The van der Waals surface area contributed by atoms with Gasteiger partial charge >= 0.3 is 0 Å². The number of hydrogen-bond donors (Lipinski definition) is 1. The van der Waals surface area contributed by atoms with Gasteiger partial charge in [0.15, 0.2) is 12.4 Å². The van der Waals surface area contributed by atoms with Gasteiger partial charge in [-0.25, -0.2) is 4.57 Å². The number of hydrogen-bond acceptors (Lipinski definition) is 2. The van der Waals surface area contributed by atoms with E-state index in [1.807, 2.05) is 29.1 Å². The summed E-state index contributed by atoms with van der Waals surface area (Å²) in [5.74, 6) is -0.193. The summed E-state index contributed by atoms with van der Waals surface area (Å²) in [6.45, 7) is 7.02. The molecule has 0 radical (unpaired) electrons. The van der Waals surface area contributed by atoms with Crippen LogP contribution >= 0.6 is 0 Å². The molecule has 0 aliphatic heterocycles. The maximum absolute atomic E-state index is 10.6. The van der Waals surface area contributed by atoms with E-state index in [4.69, 9.17) is 4.55 Å². The van der Waals surface area contributed by atoms with Gasteiger partial charge < -0.3 is 0 Å². The van der Waals surface area contributed by atoms with Crippen LogP contribution in [-0.4, -0.2) is 18.7 Å². The highest BCUT2D eigenvalue weighted by Crippen LogP contribution is 2.20. The van der Waals surface area contributed by atoms with E-state index in [2.05, 4.69) is 20.8 Å². The summed E-state index contributed by atoms with van der Waals surface area (Å²) in [5.41, 5.74) is 1.36. The van der Waals surface area contributed by atoms with Crippen molar-refractivity contribution in [3.8, 4) is 0 Å². The van der Waals surface area contributed by atoms with Crippen LogP contribution in [0.25, 0.3) is 0 Å². The summed E-state index contributed by atoms with van der Waals surface area (Å²) >= 11 is 0. The Morgan fingerprint density at radius 3 is 2.18 bits per heavy atom. The SMILES string of the molecule is CC(C)(C)c1cc[n+](CCCS(=O)(=O)O)cc1. The van der Waals surface area contributed by atoms with Crippen molar-refractivity contribution >= 4 is 10.1 Å². The highest BCUT2D eigenvalue weighted by Gasteiger charge is 2.15. The Morgan fingerprint density at radius 2 is 1.76 bits per heavy atom. The Labute approximate surface area is 103 Å². The molecule has 1 aromatic heterocycles. The summed E-state index contributed by atoms with van der Waals surface area (Å²) in [4.78, 5) is 0. The first kappa shape index (κ1) is 14.1. The zero-order chi connectivity index (χ0) is 13.1. The smallest absolute Gasteiger partial charge is 0.265 e. The average Bonchev–Trinajstić information content (AvgIpc) is 2.15. The molecular formula is C12H20NO3S+. The van der Waals surface area contributed by atoms with Crippen LogP contribution in [0.15, 0.2) is 24.5 Å². The lowest BCUT2D eigenvalue weighted by atomic mass is 9.88. The summed E-state index contributed by atoms with van der Waals surface area (Å²) in [6, 6.07) is 4.07. The van der Waals surface area contributed by atoms with Gasteiger partial charge in [0.1, 0.15) is 6.54 Å². The van der Waals surface area contributed by atoms with E-state index >= 15 is 0 Å². The van der Waals surface area contributed by atoms with E-state index in [-0.39, 0.29) is 11.2 Å². The first-order valence-corrected chi connectivity index (χ1v) is 7.24. The largest absolute Gasteiger partial charge is 0.286 e. The molecule has 1 N–H and O–H groups in total. The zero-order valence-electron chi connectivity index (χ0n) is 10.5. The Hall–Kier alpha value is -0.940. The minimum absolute atomic E-state index is 0.119. The second-order valence-corrected chi connectivity index (χ2v) is 6.79. The molecule has 5 heteroatoms. The van der Waals surface area contributed by atoms with Crippen molar-refractivity contribution in [3.63, 3.8) is 0 Å². The number of rotatable bonds is 4. The summed E-state index contributed by atoms with van der Waals surface area (Å²) in [5, 5.41) is 0. The molecule has 1 aromatic rings. The summed E-state index contributed by atoms with van der Waals surface area (Å²) in [6.07, 6.45) is 4.29. The minimum atomic E-state index is -3.84. The zero-order valence-corrected chi connectivity index (χ0v) is 11.4. The third-order valence-electron chi connectivity index (χ3n) is 2.58. The van der Waals surface area contributed by atoms with Crippen molar-refractivity contribution in [2.45, 2.75) is 39.2 Å². The highest BCUT2D eigenvalue weighted by molar-refractivity contribution is 7.85. The Balaban J connectivity index is 2.58. The van der Waals surface area contributed by atoms with E-state index in [1.54, 1.807) is 0 Å². The molecule has 1 heterocycles. The molecule has 0 aliphatic carbocycles. The molecule has 0 spiro atoms. The lowest BCUT2D eigenvalue weighted by molar-refractivity contribution is -0.696. The van der Waals surface area contributed by atoms with E-state index in [0.29, 0.717) is 13.0 Å². The summed E-state index contributed by atoms with van der Waals surface area (Å²) < 4.78 is 31.6. The lowest BCUT2D eigenvalue weighted by Crippen LogP contribution is -2.34. The number of aryl methyl sites for hydroxylation is 1. The predicted molar refractivity (Wildman–Crippen MR) is 66.4 cm³/mol. The van der Waals surface area contributed by atoms with E-state index in [9.17, 15) is 8.42 Å². The van der Waals surface area contributed by atoms with E-state index in [0.717, 1.165) is 0 Å². The quantitative estimate of drug-likeness (QED) is 0.658. The van der Waals surface area contributed by atoms with Crippen LogP contribution in [0.5, 0.6) is 0 Å². The van der Waals surface area contributed by atoms with Crippen LogP contribution in [0, 0.1) is 0 Å². The van der Waals surface area contributed by atoms with Crippen LogP contribution < -0.4 is 4.57 Å². The Morgan fingerprint density at radius 1 is 1.24 bits per heavy atom. The van der Waals surface area contributed by atoms with Crippen LogP contribution in [0.1, 0.15) is 32.8 Å². The van der Waals surface area contributed by atoms with Crippen molar-refractivity contribution in [1.82, 2.24) is 0 Å². The van der Waals surface area contributed by atoms with Crippen LogP contribution in [0.2, 0.25) is 0 Å². The molecule has 17 heavy (non-hydrogen) atoms. The average molecular weight is 258 g/mol. The van der Waals surface area contributed by atoms with Gasteiger partial charge in [-0.1, -0.05) is 20.8 Å². The first-order chi connectivity index (χ1) is 7.68. The summed E-state index contributed by atoms with van der Waals surface area (Å²) in [7, 11) is -3.84. The van der Waals surface area contributed by atoms with E-state index in [1.165, 1.54) is 5.56 Å². The normalized spacial score (nSPS) is 12.7. The van der Waals surface area contributed by atoms with Crippen LogP contribution in [0.4, 0.5) is 0 Å². The Bertz CT molecular complexity index is 458. The van der Waals surface area contributed by atoms with Gasteiger partial charge in [0, 0.05) is 18.6 Å². The van der Waals surface area contributed by atoms with Crippen molar-refractivity contribution in [1.29, 1.82) is 0 Å². The van der Waals surface area contributed by atoms with Gasteiger partial charge in [-0.15, -0.1) is 0 Å². The Kier molecular flexibility index (Phi) is 4.27. The van der Waals surface area contributed by atoms with Crippen molar-refractivity contribution in [3.05, 3.63) is 30.1 Å². The molecule has 0 bridgehead atoms. The first-order valence-electron chi connectivity index (χ1n) is 5.63. The van der Waals surface area contributed by atoms with Crippen molar-refractivity contribution in [2.24, 2.45) is 0 Å². The molecule has 0 fully saturated rings. The van der Waals surface area contributed by atoms with Gasteiger partial charge in [0.2, 0.25) is 0 Å². The van der Waals surface area contributed by atoms with Gasteiger partial charge in [-0.2, -0.15) is 8.42 Å². The minimum Gasteiger partial charge on any atom is -0.286 e. The van der Waals surface area contributed by atoms with E-state index < -0.39 is 10.1 Å². The fourth-order valence-corrected chi connectivity index (χ4v) is 2.03.